The molecule has 0 aliphatic heterocycles. The summed E-state index contributed by atoms with van der Waals surface area (Å²) in [6.07, 6.45) is 1.95. The molecule has 0 radical (unpaired) electrons. The van der Waals surface area contributed by atoms with Gasteiger partial charge < -0.3 is 11.5 Å². The van der Waals surface area contributed by atoms with Crippen LogP contribution in [0.25, 0.3) is 11.8 Å². The Labute approximate surface area is 106 Å². The van der Waals surface area contributed by atoms with Crippen molar-refractivity contribution in [1.82, 2.24) is 0 Å². The second kappa shape index (κ2) is 5.68. The zero-order valence-corrected chi connectivity index (χ0v) is 9.95. The first-order chi connectivity index (χ1) is 8.75. The average Bonchev–Trinajstić information content (AvgIpc) is 2.40. The molecule has 0 unspecified atom stereocenters. The molecule has 90 valence electrons. The number of aliphatic imine (C=N–C) groups is 1. The number of hydrogen-bond acceptors (Lipinski definition) is 1. The van der Waals surface area contributed by atoms with Gasteiger partial charge in [0.25, 0.3) is 0 Å². The van der Waals surface area contributed by atoms with Crippen LogP contribution in [0.3, 0.4) is 0 Å². The maximum absolute atomic E-state index is 5.47. The summed E-state index contributed by atoms with van der Waals surface area (Å²) in [4.78, 5) is 4.18. The van der Waals surface area contributed by atoms with Crippen LogP contribution in [0.5, 0.6) is 0 Å². The third-order valence-corrected chi connectivity index (χ3v) is 2.42. The van der Waals surface area contributed by atoms with Gasteiger partial charge in [0.1, 0.15) is 0 Å². The number of rotatable bonds is 3. The van der Waals surface area contributed by atoms with E-state index in [1.165, 1.54) is 0 Å². The highest BCUT2D eigenvalue weighted by Gasteiger charge is 2.00. The van der Waals surface area contributed by atoms with Crippen LogP contribution in [0.15, 0.2) is 65.7 Å². The first-order valence-corrected chi connectivity index (χ1v) is 5.67. The van der Waals surface area contributed by atoms with Gasteiger partial charge in [-0.25, -0.2) is 4.99 Å². The van der Waals surface area contributed by atoms with Crippen LogP contribution in [0.2, 0.25) is 0 Å². The van der Waals surface area contributed by atoms with E-state index in [-0.39, 0.29) is 5.96 Å². The lowest BCUT2D eigenvalue weighted by Crippen LogP contribution is -2.22. The lowest BCUT2D eigenvalue weighted by atomic mass is 10.1. The number of nitrogens with zero attached hydrogens (tertiary/aromatic N) is 1. The topological polar surface area (TPSA) is 64.4 Å². The molecule has 0 bridgehead atoms. The molecule has 4 N–H and O–H groups in total. The Hall–Kier alpha value is -2.55. The maximum Gasteiger partial charge on any atom is 0.191 e. The SMILES string of the molecule is NC(N)=NC(=Cc1ccccc1)c1ccccc1. The summed E-state index contributed by atoms with van der Waals surface area (Å²) in [5.41, 5.74) is 13.7. The molecule has 0 aromatic heterocycles. The summed E-state index contributed by atoms with van der Waals surface area (Å²) >= 11 is 0. The molecule has 0 amide bonds. The van der Waals surface area contributed by atoms with Crippen LogP contribution >= 0.6 is 0 Å². The van der Waals surface area contributed by atoms with Crippen molar-refractivity contribution in [2.45, 2.75) is 0 Å². The van der Waals surface area contributed by atoms with Gasteiger partial charge in [-0.15, -0.1) is 0 Å². The molecule has 0 saturated heterocycles. The molecule has 0 spiro atoms. The minimum atomic E-state index is 0.0565. The second-order valence-electron chi connectivity index (χ2n) is 3.84. The van der Waals surface area contributed by atoms with Crippen LogP contribution in [0, 0.1) is 0 Å². The predicted octanol–water partition coefficient (Wildman–Crippen LogP) is 2.46. The van der Waals surface area contributed by atoms with Gasteiger partial charge in [0.05, 0.1) is 5.70 Å². The van der Waals surface area contributed by atoms with E-state index in [1.54, 1.807) is 0 Å². The summed E-state index contributed by atoms with van der Waals surface area (Å²) in [6, 6.07) is 19.7. The highest BCUT2D eigenvalue weighted by molar-refractivity contribution is 5.89. The van der Waals surface area contributed by atoms with Gasteiger partial charge >= 0.3 is 0 Å². The monoisotopic (exact) mass is 237 g/mol. The van der Waals surface area contributed by atoms with Crippen LogP contribution in [0.4, 0.5) is 0 Å². The lowest BCUT2D eigenvalue weighted by molar-refractivity contribution is 1.43. The molecule has 2 aromatic carbocycles. The average molecular weight is 237 g/mol. The van der Waals surface area contributed by atoms with Crippen molar-refractivity contribution in [2.75, 3.05) is 0 Å². The van der Waals surface area contributed by atoms with Gasteiger partial charge in [-0.05, 0) is 11.6 Å². The fourth-order valence-electron chi connectivity index (χ4n) is 1.64. The molecule has 3 heteroatoms. The molecule has 2 rings (SSSR count). The molecule has 0 atom stereocenters. The van der Waals surface area contributed by atoms with Gasteiger partial charge in [0, 0.05) is 5.56 Å². The smallest absolute Gasteiger partial charge is 0.191 e. The van der Waals surface area contributed by atoms with Crippen molar-refractivity contribution in [3.8, 4) is 0 Å². The second-order valence-corrected chi connectivity index (χ2v) is 3.84. The van der Waals surface area contributed by atoms with Crippen molar-refractivity contribution < 1.29 is 0 Å². The molecule has 0 heterocycles. The fraction of sp³-hybridized carbons (Fsp3) is 0. The molecule has 0 aliphatic carbocycles. The van der Waals surface area contributed by atoms with Gasteiger partial charge in [-0.1, -0.05) is 60.7 Å². The van der Waals surface area contributed by atoms with E-state index in [4.69, 9.17) is 11.5 Å². The molecule has 0 fully saturated rings. The Kier molecular flexibility index (Phi) is 3.76. The summed E-state index contributed by atoms with van der Waals surface area (Å²) in [7, 11) is 0. The Morgan fingerprint density at radius 2 is 1.39 bits per heavy atom. The van der Waals surface area contributed by atoms with Gasteiger partial charge in [0.2, 0.25) is 0 Å². The van der Waals surface area contributed by atoms with Crippen molar-refractivity contribution in [1.29, 1.82) is 0 Å². The summed E-state index contributed by atoms with van der Waals surface area (Å²) in [6.45, 7) is 0. The summed E-state index contributed by atoms with van der Waals surface area (Å²) in [5.74, 6) is 0.0565. The van der Waals surface area contributed by atoms with E-state index in [1.807, 2.05) is 66.7 Å². The Bertz CT molecular complexity index is 553. The fourth-order valence-corrected chi connectivity index (χ4v) is 1.64. The zero-order chi connectivity index (χ0) is 12.8. The van der Waals surface area contributed by atoms with Crippen LogP contribution in [-0.4, -0.2) is 5.96 Å². The Morgan fingerprint density at radius 3 is 1.94 bits per heavy atom. The van der Waals surface area contributed by atoms with E-state index >= 15 is 0 Å². The molecule has 18 heavy (non-hydrogen) atoms. The van der Waals surface area contributed by atoms with E-state index in [0.29, 0.717) is 0 Å². The van der Waals surface area contributed by atoms with Crippen LogP contribution in [0.1, 0.15) is 11.1 Å². The molecule has 0 saturated carbocycles. The quantitative estimate of drug-likeness (QED) is 0.489. The van der Waals surface area contributed by atoms with E-state index in [2.05, 4.69) is 4.99 Å². The minimum absolute atomic E-state index is 0.0565. The zero-order valence-electron chi connectivity index (χ0n) is 9.95. The van der Waals surface area contributed by atoms with Crippen molar-refractivity contribution in [3.63, 3.8) is 0 Å². The minimum Gasteiger partial charge on any atom is -0.370 e. The first-order valence-electron chi connectivity index (χ1n) is 5.67. The summed E-state index contributed by atoms with van der Waals surface area (Å²) < 4.78 is 0. The van der Waals surface area contributed by atoms with Crippen molar-refractivity contribution in [2.24, 2.45) is 16.5 Å². The Morgan fingerprint density at radius 1 is 0.833 bits per heavy atom. The summed E-state index contributed by atoms with van der Waals surface area (Å²) in [5, 5.41) is 0. The van der Waals surface area contributed by atoms with Crippen LogP contribution in [-0.2, 0) is 0 Å². The highest BCUT2D eigenvalue weighted by Crippen LogP contribution is 2.19. The van der Waals surface area contributed by atoms with Crippen LogP contribution < -0.4 is 11.5 Å². The van der Waals surface area contributed by atoms with Crippen molar-refractivity contribution in [3.05, 3.63) is 71.8 Å². The van der Waals surface area contributed by atoms with E-state index in [0.717, 1.165) is 16.8 Å². The van der Waals surface area contributed by atoms with Gasteiger partial charge in [-0.3, -0.25) is 0 Å². The molecule has 3 nitrogen and oxygen atoms in total. The third kappa shape index (κ3) is 3.22. The number of guanidine groups is 1. The lowest BCUT2D eigenvalue weighted by Gasteiger charge is -2.03. The first kappa shape index (κ1) is 11.9. The molecule has 0 aliphatic rings. The standard InChI is InChI=1S/C15H15N3/c16-15(17)18-14(13-9-5-2-6-10-13)11-12-7-3-1-4-8-12/h1-11H,(H4,16,17,18). The third-order valence-electron chi connectivity index (χ3n) is 2.42. The number of benzene rings is 2. The number of hydrogen-bond donors (Lipinski definition) is 2. The molecule has 2 aromatic rings. The molecular formula is C15H15N3. The van der Waals surface area contributed by atoms with Gasteiger partial charge in [0.15, 0.2) is 5.96 Å². The van der Waals surface area contributed by atoms with Crippen molar-refractivity contribution >= 4 is 17.7 Å². The normalized spacial score (nSPS) is 11.0. The van der Waals surface area contributed by atoms with E-state index in [9.17, 15) is 0 Å². The van der Waals surface area contributed by atoms with E-state index < -0.39 is 0 Å². The highest BCUT2D eigenvalue weighted by atomic mass is 15.0. The maximum atomic E-state index is 5.47. The predicted molar refractivity (Wildman–Crippen MR) is 76.6 cm³/mol. The van der Waals surface area contributed by atoms with Gasteiger partial charge in [-0.2, -0.15) is 0 Å². The number of nitrogens with two attached hydrogens (primary N) is 2. The molecular weight excluding hydrogens is 222 g/mol. The Balaban J connectivity index is 2.44. The largest absolute Gasteiger partial charge is 0.370 e.